The highest BCUT2D eigenvalue weighted by Gasteiger charge is 2.13. The number of hydrogen-bond acceptors (Lipinski definition) is 7. The summed E-state index contributed by atoms with van der Waals surface area (Å²) in [7, 11) is 2.07. The third-order valence-corrected chi connectivity index (χ3v) is 5.43. The van der Waals surface area contributed by atoms with Gasteiger partial charge in [0.05, 0.1) is 0 Å². The first kappa shape index (κ1) is 17.8. The van der Waals surface area contributed by atoms with E-state index in [2.05, 4.69) is 38.4 Å². The molecule has 0 N–H and O–H groups in total. The van der Waals surface area contributed by atoms with Crippen LogP contribution in [0.1, 0.15) is 31.2 Å². The molecule has 1 aliphatic heterocycles. The van der Waals surface area contributed by atoms with E-state index in [1.165, 1.54) is 36.4 Å². The van der Waals surface area contributed by atoms with Crippen LogP contribution in [0.2, 0.25) is 0 Å². The molecule has 4 rings (SSSR count). The summed E-state index contributed by atoms with van der Waals surface area (Å²) in [5, 5.41) is 0.944. The van der Waals surface area contributed by atoms with Crippen LogP contribution < -0.4 is 14.4 Å². The molecule has 0 aliphatic carbocycles. The van der Waals surface area contributed by atoms with E-state index in [-0.39, 0.29) is 0 Å². The highest BCUT2D eigenvalue weighted by Crippen LogP contribution is 2.32. The van der Waals surface area contributed by atoms with Crippen molar-refractivity contribution in [2.24, 2.45) is 0 Å². The quantitative estimate of drug-likeness (QED) is 0.524. The number of fused-ring (bicyclic) bond motifs is 1. The summed E-state index contributed by atoms with van der Waals surface area (Å²) >= 11 is 1.43. The van der Waals surface area contributed by atoms with Gasteiger partial charge in [0.1, 0.15) is 6.33 Å². The van der Waals surface area contributed by atoms with E-state index in [1.807, 2.05) is 16.8 Å². The second-order valence-electron chi connectivity index (χ2n) is 6.62. The molecule has 3 aromatic rings. The van der Waals surface area contributed by atoms with Crippen LogP contribution >= 0.6 is 11.5 Å². The SMILES string of the molecule is CN(CCCCCCc1ccc2c(c1)OCO2)c1nc(-n2ccnc2)ns1. The molecule has 1 aromatic carbocycles. The van der Waals surface area contributed by atoms with E-state index in [0.717, 1.165) is 36.0 Å². The predicted molar refractivity (Wildman–Crippen MR) is 105 cm³/mol. The van der Waals surface area contributed by atoms with Crippen LogP contribution in [0.4, 0.5) is 5.13 Å². The summed E-state index contributed by atoms with van der Waals surface area (Å²) in [5.74, 6) is 2.42. The molecule has 0 amide bonds. The van der Waals surface area contributed by atoms with Crippen molar-refractivity contribution in [2.45, 2.75) is 32.1 Å². The zero-order valence-electron chi connectivity index (χ0n) is 15.4. The van der Waals surface area contributed by atoms with Crippen molar-refractivity contribution in [3.8, 4) is 17.4 Å². The minimum absolute atomic E-state index is 0.338. The molecule has 0 fully saturated rings. The van der Waals surface area contributed by atoms with Gasteiger partial charge in [0, 0.05) is 37.5 Å². The standard InChI is InChI=1S/C19H23N5O2S/c1-23(19-21-18(22-27-19)24-11-9-20-13-24)10-5-3-2-4-6-15-7-8-16-17(12-15)26-14-25-16/h7-9,11-13H,2-6,10,14H2,1H3. The van der Waals surface area contributed by atoms with Gasteiger partial charge in [-0.15, -0.1) is 0 Å². The van der Waals surface area contributed by atoms with Crippen LogP contribution in [0.5, 0.6) is 11.5 Å². The van der Waals surface area contributed by atoms with Crippen molar-refractivity contribution in [3.63, 3.8) is 0 Å². The highest BCUT2D eigenvalue weighted by molar-refractivity contribution is 7.09. The fourth-order valence-corrected chi connectivity index (χ4v) is 3.72. The first-order valence-electron chi connectivity index (χ1n) is 9.21. The molecule has 0 radical (unpaired) electrons. The van der Waals surface area contributed by atoms with Crippen molar-refractivity contribution in [1.29, 1.82) is 0 Å². The van der Waals surface area contributed by atoms with E-state index in [1.54, 1.807) is 12.5 Å². The first-order chi connectivity index (χ1) is 13.3. The second-order valence-corrected chi connectivity index (χ2v) is 7.35. The van der Waals surface area contributed by atoms with Crippen LogP contribution in [0.3, 0.4) is 0 Å². The Morgan fingerprint density at radius 2 is 2.04 bits per heavy atom. The molecule has 7 nitrogen and oxygen atoms in total. The lowest BCUT2D eigenvalue weighted by Gasteiger charge is -2.14. The van der Waals surface area contributed by atoms with Gasteiger partial charge in [-0.2, -0.15) is 9.36 Å². The maximum absolute atomic E-state index is 5.43. The molecule has 1 aliphatic rings. The minimum atomic E-state index is 0.338. The third kappa shape index (κ3) is 4.39. The largest absolute Gasteiger partial charge is 0.454 e. The molecule has 0 spiro atoms. The van der Waals surface area contributed by atoms with Gasteiger partial charge in [0.25, 0.3) is 0 Å². The summed E-state index contributed by atoms with van der Waals surface area (Å²) in [6.45, 7) is 1.33. The van der Waals surface area contributed by atoms with Gasteiger partial charge in [-0.05, 0) is 37.0 Å². The summed E-state index contributed by atoms with van der Waals surface area (Å²) in [5.41, 5.74) is 1.32. The van der Waals surface area contributed by atoms with Gasteiger partial charge in [-0.25, -0.2) is 4.98 Å². The summed E-state index contributed by atoms with van der Waals surface area (Å²) < 4.78 is 17.0. The zero-order chi connectivity index (χ0) is 18.5. The molecular formula is C19H23N5O2S. The molecular weight excluding hydrogens is 362 g/mol. The molecule has 3 heterocycles. The molecule has 8 heteroatoms. The van der Waals surface area contributed by atoms with Crippen LogP contribution in [-0.2, 0) is 6.42 Å². The van der Waals surface area contributed by atoms with Crippen LogP contribution in [0.25, 0.3) is 5.95 Å². The molecule has 142 valence electrons. The van der Waals surface area contributed by atoms with Crippen molar-refractivity contribution < 1.29 is 9.47 Å². The Bertz CT molecular complexity index is 865. The molecule has 0 bridgehead atoms. The predicted octanol–water partition coefficient (Wildman–Crippen LogP) is 3.69. The van der Waals surface area contributed by atoms with Crippen LogP contribution in [0.15, 0.2) is 36.9 Å². The number of benzene rings is 1. The van der Waals surface area contributed by atoms with E-state index in [9.17, 15) is 0 Å². The number of anilines is 1. The lowest BCUT2D eigenvalue weighted by atomic mass is 10.1. The Morgan fingerprint density at radius 3 is 2.93 bits per heavy atom. The number of unbranched alkanes of at least 4 members (excludes halogenated alkanes) is 3. The maximum Gasteiger partial charge on any atom is 0.248 e. The van der Waals surface area contributed by atoms with Crippen LogP contribution in [-0.4, -0.2) is 39.3 Å². The monoisotopic (exact) mass is 385 g/mol. The number of imidazole rings is 1. The normalized spacial score (nSPS) is 12.5. The Labute approximate surface area is 162 Å². The number of nitrogens with zero attached hydrogens (tertiary/aromatic N) is 5. The minimum Gasteiger partial charge on any atom is -0.454 e. The molecule has 2 aromatic heterocycles. The second kappa shape index (κ2) is 8.39. The fourth-order valence-electron chi connectivity index (χ4n) is 3.07. The van der Waals surface area contributed by atoms with Gasteiger partial charge in [0.2, 0.25) is 17.9 Å². The first-order valence-corrected chi connectivity index (χ1v) is 9.98. The van der Waals surface area contributed by atoms with Gasteiger partial charge in [0.15, 0.2) is 11.5 Å². The van der Waals surface area contributed by atoms with E-state index in [0.29, 0.717) is 12.7 Å². The third-order valence-electron chi connectivity index (χ3n) is 4.61. The number of aromatic nitrogens is 4. The molecule has 27 heavy (non-hydrogen) atoms. The molecule has 0 atom stereocenters. The maximum atomic E-state index is 5.43. The number of aryl methyl sites for hydroxylation is 1. The summed E-state index contributed by atoms with van der Waals surface area (Å²) in [4.78, 5) is 10.8. The van der Waals surface area contributed by atoms with Crippen molar-refractivity contribution in [3.05, 3.63) is 42.5 Å². The summed E-state index contributed by atoms with van der Waals surface area (Å²) in [6.07, 6.45) is 11.1. The van der Waals surface area contributed by atoms with Crippen LogP contribution in [0, 0.1) is 0 Å². The van der Waals surface area contributed by atoms with E-state index >= 15 is 0 Å². The van der Waals surface area contributed by atoms with Gasteiger partial charge in [-0.3, -0.25) is 4.57 Å². The smallest absolute Gasteiger partial charge is 0.248 e. The molecule has 0 saturated carbocycles. The topological polar surface area (TPSA) is 65.3 Å². The number of rotatable bonds is 9. The summed E-state index contributed by atoms with van der Waals surface area (Å²) in [6, 6.07) is 6.24. The van der Waals surface area contributed by atoms with Gasteiger partial charge in [-0.1, -0.05) is 18.9 Å². The fraction of sp³-hybridized carbons (Fsp3) is 0.421. The zero-order valence-corrected chi connectivity index (χ0v) is 16.2. The van der Waals surface area contributed by atoms with Gasteiger partial charge >= 0.3 is 0 Å². The lowest BCUT2D eigenvalue weighted by Crippen LogP contribution is -2.18. The average molecular weight is 385 g/mol. The van der Waals surface area contributed by atoms with E-state index in [4.69, 9.17) is 9.47 Å². The van der Waals surface area contributed by atoms with Gasteiger partial charge < -0.3 is 14.4 Å². The average Bonchev–Trinajstić information content (AvgIpc) is 3.44. The number of hydrogen-bond donors (Lipinski definition) is 0. The van der Waals surface area contributed by atoms with Crippen molar-refractivity contribution >= 4 is 16.7 Å². The number of ether oxygens (including phenoxy) is 2. The Hall–Kier alpha value is -2.61. The van der Waals surface area contributed by atoms with Crippen molar-refractivity contribution in [2.75, 3.05) is 25.3 Å². The Kier molecular flexibility index (Phi) is 5.53. The highest BCUT2D eigenvalue weighted by atomic mass is 32.1. The Balaban J connectivity index is 1.15. The molecule has 0 unspecified atom stereocenters. The lowest BCUT2D eigenvalue weighted by molar-refractivity contribution is 0.174. The molecule has 0 saturated heterocycles. The Morgan fingerprint density at radius 1 is 1.15 bits per heavy atom. The van der Waals surface area contributed by atoms with E-state index < -0.39 is 0 Å². The van der Waals surface area contributed by atoms with Crippen molar-refractivity contribution in [1.82, 2.24) is 18.9 Å².